The Hall–Kier alpha value is -2.70. The standard InChI is InChI=1S/C26H31N3O2S/c1-18-13-19(2)23-15-21(25(30)28-24(23)14-18)16-29(17-22-9-6-12-31-22)26(32)27-11-10-20-7-4-3-5-8-20/h3-5,7-8,13-15,22H,6,9-12,16-17H2,1-2H3,(H,27,32)(H,28,30)/t22-/m1/s1. The van der Waals surface area contributed by atoms with E-state index in [2.05, 4.69) is 40.3 Å². The van der Waals surface area contributed by atoms with Crippen LogP contribution in [0.25, 0.3) is 10.9 Å². The van der Waals surface area contributed by atoms with Gasteiger partial charge in [0.1, 0.15) is 0 Å². The maximum atomic E-state index is 12.9. The molecule has 1 atom stereocenters. The topological polar surface area (TPSA) is 57.4 Å². The van der Waals surface area contributed by atoms with Crippen LogP contribution in [0.3, 0.4) is 0 Å². The van der Waals surface area contributed by atoms with Crippen molar-refractivity contribution in [2.75, 3.05) is 19.7 Å². The Morgan fingerprint density at radius 2 is 2.03 bits per heavy atom. The summed E-state index contributed by atoms with van der Waals surface area (Å²) in [6.45, 7) is 6.80. The van der Waals surface area contributed by atoms with Gasteiger partial charge < -0.3 is 19.9 Å². The van der Waals surface area contributed by atoms with Crippen molar-refractivity contribution >= 4 is 28.2 Å². The van der Waals surface area contributed by atoms with Gasteiger partial charge in [0.25, 0.3) is 5.56 Å². The van der Waals surface area contributed by atoms with Gasteiger partial charge in [0.2, 0.25) is 0 Å². The lowest BCUT2D eigenvalue weighted by Crippen LogP contribution is -2.44. The van der Waals surface area contributed by atoms with Gasteiger partial charge in [0.15, 0.2) is 5.11 Å². The lowest BCUT2D eigenvalue weighted by Gasteiger charge is -2.28. The van der Waals surface area contributed by atoms with Crippen molar-refractivity contribution in [3.63, 3.8) is 0 Å². The molecule has 6 heteroatoms. The van der Waals surface area contributed by atoms with E-state index in [4.69, 9.17) is 17.0 Å². The molecule has 2 N–H and O–H groups in total. The third-order valence-electron chi connectivity index (χ3n) is 6.02. The van der Waals surface area contributed by atoms with E-state index in [9.17, 15) is 4.79 Å². The van der Waals surface area contributed by atoms with E-state index < -0.39 is 0 Å². The molecule has 168 valence electrons. The third kappa shape index (κ3) is 5.56. The molecule has 0 bridgehead atoms. The Labute approximate surface area is 194 Å². The van der Waals surface area contributed by atoms with E-state index in [-0.39, 0.29) is 11.7 Å². The fraction of sp³-hybridized carbons (Fsp3) is 0.385. The first-order valence-corrected chi connectivity index (χ1v) is 11.7. The van der Waals surface area contributed by atoms with E-state index >= 15 is 0 Å². The number of nitrogens with zero attached hydrogens (tertiary/aromatic N) is 1. The number of pyridine rings is 1. The predicted molar refractivity (Wildman–Crippen MR) is 134 cm³/mol. The summed E-state index contributed by atoms with van der Waals surface area (Å²) in [4.78, 5) is 18.0. The Morgan fingerprint density at radius 3 is 2.78 bits per heavy atom. The molecule has 1 aliphatic heterocycles. The van der Waals surface area contributed by atoms with Crippen LogP contribution in [-0.2, 0) is 17.7 Å². The number of H-pyrrole nitrogens is 1. The van der Waals surface area contributed by atoms with Crippen LogP contribution in [0.1, 0.15) is 35.1 Å². The van der Waals surface area contributed by atoms with E-state index in [0.717, 1.165) is 60.0 Å². The van der Waals surface area contributed by atoms with Crippen molar-refractivity contribution in [2.24, 2.45) is 0 Å². The first kappa shape index (κ1) is 22.5. The summed E-state index contributed by atoms with van der Waals surface area (Å²) in [6, 6.07) is 16.5. The second kappa shape index (κ2) is 10.3. The number of hydrogen-bond donors (Lipinski definition) is 2. The fourth-order valence-electron chi connectivity index (χ4n) is 4.36. The molecule has 1 aromatic heterocycles. The van der Waals surface area contributed by atoms with Gasteiger partial charge >= 0.3 is 0 Å². The smallest absolute Gasteiger partial charge is 0.253 e. The molecule has 0 unspecified atom stereocenters. The molecule has 2 heterocycles. The Balaban J connectivity index is 1.51. The number of thiocarbonyl (C=S) groups is 1. The number of aromatic amines is 1. The number of aromatic nitrogens is 1. The van der Waals surface area contributed by atoms with Crippen LogP contribution in [-0.4, -0.2) is 40.8 Å². The zero-order chi connectivity index (χ0) is 22.5. The molecule has 1 aliphatic rings. The number of nitrogens with one attached hydrogen (secondary N) is 2. The first-order chi connectivity index (χ1) is 15.5. The van der Waals surface area contributed by atoms with E-state index in [1.165, 1.54) is 5.56 Å². The van der Waals surface area contributed by atoms with Crippen molar-refractivity contribution < 1.29 is 4.74 Å². The minimum Gasteiger partial charge on any atom is -0.376 e. The first-order valence-electron chi connectivity index (χ1n) is 11.3. The average Bonchev–Trinajstić information content (AvgIpc) is 3.28. The Morgan fingerprint density at radius 1 is 1.22 bits per heavy atom. The monoisotopic (exact) mass is 449 g/mol. The third-order valence-corrected chi connectivity index (χ3v) is 6.42. The molecule has 5 nitrogen and oxygen atoms in total. The SMILES string of the molecule is Cc1cc(C)c2cc(CN(C[C@H]3CCCO3)C(=S)NCCc3ccccc3)c(=O)[nH]c2c1. The molecule has 32 heavy (non-hydrogen) atoms. The van der Waals surface area contributed by atoms with Crippen LogP contribution in [0.15, 0.2) is 53.3 Å². The number of aryl methyl sites for hydroxylation is 2. The largest absolute Gasteiger partial charge is 0.376 e. The molecular weight excluding hydrogens is 418 g/mol. The molecule has 2 aromatic carbocycles. The quantitative estimate of drug-likeness (QED) is 0.529. The summed E-state index contributed by atoms with van der Waals surface area (Å²) < 4.78 is 5.86. The summed E-state index contributed by atoms with van der Waals surface area (Å²) in [5.41, 5.74) is 5.10. The van der Waals surface area contributed by atoms with E-state index in [1.807, 2.05) is 37.3 Å². The van der Waals surface area contributed by atoms with Gasteiger partial charge in [-0.2, -0.15) is 0 Å². The van der Waals surface area contributed by atoms with Crippen LogP contribution in [0.2, 0.25) is 0 Å². The Kier molecular flexibility index (Phi) is 7.22. The number of hydrogen-bond acceptors (Lipinski definition) is 3. The van der Waals surface area contributed by atoms with Gasteiger partial charge in [0, 0.05) is 36.2 Å². The van der Waals surface area contributed by atoms with Gasteiger partial charge in [-0.3, -0.25) is 4.79 Å². The minimum absolute atomic E-state index is 0.0630. The molecule has 0 saturated carbocycles. The highest BCUT2D eigenvalue weighted by Gasteiger charge is 2.22. The van der Waals surface area contributed by atoms with Crippen LogP contribution in [0, 0.1) is 13.8 Å². The van der Waals surface area contributed by atoms with Gasteiger partial charge in [-0.25, -0.2) is 0 Å². The molecule has 1 fully saturated rings. The maximum Gasteiger partial charge on any atom is 0.253 e. The van der Waals surface area contributed by atoms with Crippen LogP contribution in [0.4, 0.5) is 0 Å². The molecule has 1 saturated heterocycles. The zero-order valence-electron chi connectivity index (χ0n) is 18.8. The molecular formula is C26H31N3O2S. The molecule has 3 aromatic rings. The number of ether oxygens (including phenoxy) is 1. The van der Waals surface area contributed by atoms with Crippen LogP contribution >= 0.6 is 12.2 Å². The van der Waals surface area contributed by atoms with Crippen LogP contribution < -0.4 is 10.9 Å². The van der Waals surface area contributed by atoms with Gasteiger partial charge in [-0.1, -0.05) is 36.4 Å². The number of benzene rings is 2. The molecule has 0 spiro atoms. The Bertz CT molecular complexity index is 1140. The van der Waals surface area contributed by atoms with Crippen molar-refractivity contribution in [1.29, 1.82) is 0 Å². The maximum absolute atomic E-state index is 12.9. The van der Waals surface area contributed by atoms with Crippen molar-refractivity contribution in [3.8, 4) is 0 Å². The lowest BCUT2D eigenvalue weighted by molar-refractivity contribution is 0.0897. The second-order valence-corrected chi connectivity index (χ2v) is 9.04. The van der Waals surface area contributed by atoms with Crippen LogP contribution in [0.5, 0.6) is 0 Å². The van der Waals surface area contributed by atoms with Crippen molar-refractivity contribution in [2.45, 2.75) is 45.8 Å². The highest BCUT2D eigenvalue weighted by Crippen LogP contribution is 2.20. The predicted octanol–water partition coefficient (Wildman–Crippen LogP) is 4.24. The highest BCUT2D eigenvalue weighted by atomic mass is 32.1. The molecule has 0 amide bonds. The van der Waals surface area contributed by atoms with Gasteiger partial charge in [-0.15, -0.1) is 0 Å². The average molecular weight is 450 g/mol. The lowest BCUT2D eigenvalue weighted by atomic mass is 10.0. The molecule has 4 rings (SSSR count). The molecule has 0 aliphatic carbocycles. The van der Waals surface area contributed by atoms with E-state index in [0.29, 0.717) is 18.2 Å². The van der Waals surface area contributed by atoms with Gasteiger partial charge in [0.05, 0.1) is 12.6 Å². The minimum atomic E-state index is -0.0630. The summed E-state index contributed by atoms with van der Waals surface area (Å²) in [6.07, 6.45) is 3.13. The van der Waals surface area contributed by atoms with Gasteiger partial charge in [-0.05, 0) is 74.2 Å². The fourth-order valence-corrected chi connectivity index (χ4v) is 4.60. The summed E-state index contributed by atoms with van der Waals surface area (Å²) in [7, 11) is 0. The number of rotatable bonds is 7. The summed E-state index contributed by atoms with van der Waals surface area (Å²) in [5.74, 6) is 0. The highest BCUT2D eigenvalue weighted by molar-refractivity contribution is 7.80. The normalized spacial score (nSPS) is 15.8. The zero-order valence-corrected chi connectivity index (χ0v) is 19.6. The summed E-state index contributed by atoms with van der Waals surface area (Å²) >= 11 is 5.75. The summed E-state index contributed by atoms with van der Waals surface area (Å²) in [5, 5.41) is 5.13. The number of fused-ring (bicyclic) bond motifs is 1. The second-order valence-electron chi connectivity index (χ2n) is 8.65. The molecule has 0 radical (unpaired) electrons. The van der Waals surface area contributed by atoms with E-state index in [1.54, 1.807) is 0 Å². The van der Waals surface area contributed by atoms with Crippen molar-refractivity contribution in [1.82, 2.24) is 15.2 Å². The van der Waals surface area contributed by atoms with Crippen molar-refractivity contribution in [3.05, 3.63) is 81.1 Å².